The zero-order chi connectivity index (χ0) is 10.8. The minimum Gasteiger partial charge on any atom is -0.285 e. The molecule has 0 aromatic carbocycles. The molecular weight excluding hydrogens is 230 g/mol. The van der Waals surface area contributed by atoms with Gasteiger partial charge in [-0.1, -0.05) is 0 Å². The molecule has 0 bridgehead atoms. The Labute approximate surface area is 85.9 Å². The molecule has 1 aliphatic heterocycles. The Morgan fingerprint density at radius 3 is 2.36 bits per heavy atom. The van der Waals surface area contributed by atoms with Gasteiger partial charge in [-0.25, -0.2) is 0 Å². The lowest BCUT2D eigenvalue weighted by Crippen LogP contribution is -2.32. The fourth-order valence-corrected chi connectivity index (χ4v) is 1.60. The van der Waals surface area contributed by atoms with E-state index in [0.29, 0.717) is 0 Å². The highest BCUT2D eigenvalue weighted by Crippen LogP contribution is 2.10. The molecule has 1 heterocycles. The Kier molecular flexibility index (Phi) is 3.53. The van der Waals surface area contributed by atoms with Crippen LogP contribution in [0.15, 0.2) is 0 Å². The second-order valence-corrected chi connectivity index (χ2v) is 5.04. The molecule has 0 radical (unpaired) electrons. The van der Waals surface area contributed by atoms with Crippen molar-refractivity contribution in [2.45, 2.75) is 12.8 Å². The first-order valence-corrected chi connectivity index (χ1v) is 6.22. The highest BCUT2D eigenvalue weighted by molar-refractivity contribution is 8.27. The normalized spacial score (nSPS) is 21.4. The Hall–Kier alpha value is -0.570. The third-order valence-corrected chi connectivity index (χ3v) is 2.46. The summed E-state index contributed by atoms with van der Waals surface area (Å²) in [5, 5.41) is 0. The number of imide groups is 1. The summed E-state index contributed by atoms with van der Waals surface area (Å²) < 4.78 is 23.4. The minimum absolute atomic E-state index is 0.0220. The van der Waals surface area contributed by atoms with Gasteiger partial charge in [0.1, 0.15) is 0 Å². The zero-order valence-electron chi connectivity index (χ0n) is 7.17. The molecule has 0 saturated carbocycles. The van der Waals surface area contributed by atoms with E-state index in [9.17, 15) is 13.8 Å². The van der Waals surface area contributed by atoms with Gasteiger partial charge < -0.3 is 0 Å². The van der Waals surface area contributed by atoms with Crippen molar-refractivity contribution in [3.05, 3.63) is 0 Å². The van der Waals surface area contributed by atoms with Gasteiger partial charge in [0.25, 0.3) is 9.05 Å². The molecule has 80 valence electrons. The van der Waals surface area contributed by atoms with Crippen LogP contribution in [0.4, 0.5) is 0 Å². The van der Waals surface area contributed by atoms with E-state index in [1.165, 1.54) is 0 Å². The zero-order valence-corrected chi connectivity index (χ0v) is 8.81. The number of hydrogen-bond donors (Lipinski definition) is 1. The average molecular weight is 239 g/mol. The maximum absolute atomic E-state index is 11.0. The minimum atomic E-state index is -3.67. The molecule has 6 nitrogen and oxygen atoms in total. The van der Waals surface area contributed by atoms with E-state index in [1.54, 1.807) is 0 Å². The van der Waals surface area contributed by atoms with Crippen molar-refractivity contribution in [1.82, 2.24) is 4.90 Å². The second-order valence-electron chi connectivity index (χ2n) is 2.69. The average Bonchev–Trinajstić information content (AvgIpc) is 2.33. The van der Waals surface area contributed by atoms with E-state index in [-0.39, 0.29) is 37.8 Å². The summed E-state index contributed by atoms with van der Waals surface area (Å²) in [6.07, 6.45) is 0.391. The SMILES string of the molecule is O=C1CCC(=O)N1CCOS(=O)(O)=S. The smallest absolute Gasteiger partial charge is 0.266 e. The largest absolute Gasteiger partial charge is 0.285 e. The van der Waals surface area contributed by atoms with E-state index in [0.717, 1.165) is 4.90 Å². The lowest BCUT2D eigenvalue weighted by molar-refractivity contribution is -0.138. The highest BCUT2D eigenvalue weighted by atomic mass is 32.9. The van der Waals surface area contributed by atoms with Gasteiger partial charge in [0.15, 0.2) is 0 Å². The van der Waals surface area contributed by atoms with Gasteiger partial charge in [-0.3, -0.25) is 23.2 Å². The Balaban J connectivity index is 2.38. The standard InChI is InChI=1S/C6H9NO5S2/c8-5-1-2-6(9)7(5)3-4-12-14(10,11)13/h1-4H2,(H,10,11,13). The molecule has 1 atom stereocenters. The van der Waals surface area contributed by atoms with E-state index < -0.39 is 9.05 Å². The number of carbonyl (C=O) groups is 2. The van der Waals surface area contributed by atoms with E-state index >= 15 is 0 Å². The number of amides is 2. The molecule has 1 saturated heterocycles. The second kappa shape index (κ2) is 4.30. The number of rotatable bonds is 4. The van der Waals surface area contributed by atoms with Crippen molar-refractivity contribution >= 4 is 32.1 Å². The first-order valence-electron chi connectivity index (χ1n) is 3.85. The molecule has 1 fully saturated rings. The molecule has 1 N–H and O–H groups in total. The Bertz CT molecular complexity index is 333. The molecular formula is C6H9NO5S2. The third kappa shape index (κ3) is 3.29. The molecule has 8 heteroatoms. The summed E-state index contributed by atoms with van der Waals surface area (Å²) in [4.78, 5) is 23.1. The van der Waals surface area contributed by atoms with Gasteiger partial charge in [0.05, 0.1) is 13.2 Å². The van der Waals surface area contributed by atoms with Crippen LogP contribution in [0.3, 0.4) is 0 Å². The number of carbonyl (C=O) groups excluding carboxylic acids is 2. The first-order chi connectivity index (χ1) is 6.40. The summed E-state index contributed by atoms with van der Waals surface area (Å²) in [7, 11) is -3.67. The van der Waals surface area contributed by atoms with Crippen LogP contribution in [0.1, 0.15) is 12.8 Å². The fraction of sp³-hybridized carbons (Fsp3) is 0.667. The molecule has 1 aliphatic rings. The molecule has 14 heavy (non-hydrogen) atoms. The van der Waals surface area contributed by atoms with Crippen LogP contribution >= 0.6 is 0 Å². The quantitative estimate of drug-likeness (QED) is 0.652. The van der Waals surface area contributed by atoms with Crippen molar-refractivity contribution in [1.29, 1.82) is 0 Å². The lowest BCUT2D eigenvalue weighted by Gasteiger charge is -2.12. The summed E-state index contributed by atoms with van der Waals surface area (Å²) >= 11 is 4.06. The van der Waals surface area contributed by atoms with Gasteiger partial charge in [0.2, 0.25) is 11.8 Å². The van der Waals surface area contributed by atoms with Crippen molar-refractivity contribution in [3.8, 4) is 0 Å². The maximum atomic E-state index is 11.0. The monoisotopic (exact) mass is 239 g/mol. The van der Waals surface area contributed by atoms with Crippen molar-refractivity contribution in [2.24, 2.45) is 0 Å². The molecule has 0 aromatic heterocycles. The summed E-state index contributed by atoms with van der Waals surface area (Å²) in [6.45, 7) is -0.234. The molecule has 2 amide bonds. The predicted molar refractivity (Wildman–Crippen MR) is 50.0 cm³/mol. The highest BCUT2D eigenvalue weighted by Gasteiger charge is 2.28. The lowest BCUT2D eigenvalue weighted by atomic mass is 10.4. The molecule has 0 spiro atoms. The molecule has 0 aromatic rings. The van der Waals surface area contributed by atoms with Crippen LogP contribution in [0, 0.1) is 0 Å². The predicted octanol–water partition coefficient (Wildman–Crippen LogP) is -0.714. The van der Waals surface area contributed by atoms with Gasteiger partial charge in [-0.2, -0.15) is 4.21 Å². The van der Waals surface area contributed by atoms with Crippen molar-refractivity contribution in [2.75, 3.05) is 13.2 Å². The van der Waals surface area contributed by atoms with E-state index in [1.807, 2.05) is 0 Å². The topological polar surface area (TPSA) is 83.9 Å². The summed E-state index contributed by atoms with van der Waals surface area (Å²) in [5.41, 5.74) is 0. The fourth-order valence-electron chi connectivity index (χ4n) is 1.11. The van der Waals surface area contributed by atoms with E-state index in [4.69, 9.17) is 4.55 Å². The van der Waals surface area contributed by atoms with Crippen LogP contribution in [-0.4, -0.2) is 38.6 Å². The van der Waals surface area contributed by atoms with Crippen LogP contribution in [0.5, 0.6) is 0 Å². The van der Waals surface area contributed by atoms with Gasteiger partial charge in [0, 0.05) is 24.0 Å². The van der Waals surface area contributed by atoms with Gasteiger partial charge >= 0.3 is 0 Å². The van der Waals surface area contributed by atoms with Crippen molar-refractivity contribution < 1.29 is 22.5 Å². The molecule has 1 unspecified atom stereocenters. The van der Waals surface area contributed by atoms with Crippen molar-refractivity contribution in [3.63, 3.8) is 0 Å². The van der Waals surface area contributed by atoms with Gasteiger partial charge in [-0.15, -0.1) is 0 Å². The van der Waals surface area contributed by atoms with Crippen LogP contribution in [0.2, 0.25) is 0 Å². The number of nitrogens with zero attached hydrogens (tertiary/aromatic N) is 1. The van der Waals surface area contributed by atoms with Crippen LogP contribution < -0.4 is 0 Å². The van der Waals surface area contributed by atoms with Gasteiger partial charge in [-0.05, 0) is 0 Å². The summed E-state index contributed by atoms with van der Waals surface area (Å²) in [6, 6.07) is 0. The van der Waals surface area contributed by atoms with E-state index in [2.05, 4.69) is 15.4 Å². The van der Waals surface area contributed by atoms with Crippen LogP contribution in [0.25, 0.3) is 0 Å². The Morgan fingerprint density at radius 1 is 1.43 bits per heavy atom. The Morgan fingerprint density at radius 2 is 1.93 bits per heavy atom. The number of hydrogen-bond acceptors (Lipinski definition) is 5. The summed E-state index contributed by atoms with van der Waals surface area (Å²) in [5.74, 6) is -0.570. The van der Waals surface area contributed by atoms with Crippen LogP contribution in [-0.2, 0) is 34.0 Å². The number of likely N-dealkylation sites (tertiary alicyclic amines) is 1. The maximum Gasteiger partial charge on any atom is 0.266 e. The third-order valence-electron chi connectivity index (χ3n) is 1.70. The molecule has 0 aliphatic carbocycles. The molecule has 1 rings (SSSR count). The first kappa shape index (κ1) is 11.5.